The normalized spacial score (nSPS) is 11.9. The zero-order valence-electron chi connectivity index (χ0n) is 33.5. The Morgan fingerprint density at radius 3 is 1.73 bits per heavy atom. The zero-order chi connectivity index (χ0) is 40.7. The monoisotopic (exact) mass is 792 g/mol. The second kappa shape index (κ2) is 13.6. The van der Waals surface area contributed by atoms with E-state index in [0.29, 0.717) is 0 Å². The number of benzene rings is 10. The van der Waals surface area contributed by atoms with Crippen molar-refractivity contribution in [3.05, 3.63) is 218 Å². The summed E-state index contributed by atoms with van der Waals surface area (Å²) < 4.78 is 15.3. The number of hydrogen-bond donors (Lipinski definition) is 0. The number of furan rings is 2. The third kappa shape index (κ3) is 5.27. The number of rotatable bonds is 6. The van der Waals surface area contributed by atoms with Gasteiger partial charge in [-0.3, -0.25) is 0 Å². The molecule has 0 unspecified atom stereocenters. The minimum absolute atomic E-state index is 0.872. The van der Waals surface area contributed by atoms with Crippen molar-refractivity contribution >= 4 is 93.5 Å². The first-order valence-electron chi connectivity index (χ1n) is 21.1. The molecule has 3 aromatic heterocycles. The van der Waals surface area contributed by atoms with Gasteiger partial charge in [0.25, 0.3) is 0 Å². The lowest BCUT2D eigenvalue weighted by atomic mass is 9.96. The lowest BCUT2D eigenvalue weighted by molar-refractivity contribution is 0.669. The first kappa shape index (κ1) is 34.5. The third-order valence-corrected chi connectivity index (χ3v) is 12.6. The zero-order valence-corrected chi connectivity index (χ0v) is 33.5. The molecule has 0 aliphatic rings. The van der Waals surface area contributed by atoms with Gasteiger partial charge in [0.1, 0.15) is 22.3 Å². The maximum absolute atomic E-state index is 6.68. The summed E-state index contributed by atoms with van der Waals surface area (Å²) >= 11 is 0. The van der Waals surface area contributed by atoms with Crippen LogP contribution in [0.4, 0.5) is 17.1 Å². The second-order valence-corrected chi connectivity index (χ2v) is 16.0. The van der Waals surface area contributed by atoms with Crippen LogP contribution in [0.3, 0.4) is 0 Å². The molecule has 3 heterocycles. The van der Waals surface area contributed by atoms with Gasteiger partial charge in [-0.1, -0.05) is 133 Å². The van der Waals surface area contributed by atoms with Crippen LogP contribution in [-0.4, -0.2) is 4.57 Å². The number of anilines is 3. The van der Waals surface area contributed by atoms with Crippen molar-refractivity contribution in [2.24, 2.45) is 0 Å². The van der Waals surface area contributed by atoms with E-state index in [-0.39, 0.29) is 0 Å². The standard InChI is InChI=1S/C58H36N2O2/c1-2-13-43-38(12-1)26-35-50-57-49(18-11-23-55(57)62-58(43)50)46-16-5-7-19-51(46)59(40-28-24-37(25-29-40)39-27-34-48-47-17-6-10-22-54(47)61-56(48)36-39)41-30-32-42(33-31-41)60-52-20-8-3-14-44(52)45-15-4-9-21-53(45)60/h1-36H. The average molecular weight is 793 g/mol. The van der Waals surface area contributed by atoms with Crippen molar-refractivity contribution in [2.75, 3.05) is 4.90 Å². The van der Waals surface area contributed by atoms with Gasteiger partial charge < -0.3 is 18.3 Å². The van der Waals surface area contributed by atoms with Crippen molar-refractivity contribution in [3.63, 3.8) is 0 Å². The van der Waals surface area contributed by atoms with E-state index in [4.69, 9.17) is 8.83 Å². The molecule has 290 valence electrons. The predicted octanol–water partition coefficient (Wildman–Crippen LogP) is 16.5. The van der Waals surface area contributed by atoms with Gasteiger partial charge in [-0.2, -0.15) is 0 Å². The Morgan fingerprint density at radius 1 is 0.355 bits per heavy atom. The van der Waals surface area contributed by atoms with E-state index in [1.807, 2.05) is 12.1 Å². The Bertz CT molecular complexity index is 3810. The molecule has 0 aliphatic heterocycles. The van der Waals surface area contributed by atoms with E-state index in [1.165, 1.54) is 21.8 Å². The van der Waals surface area contributed by atoms with E-state index in [2.05, 4.69) is 216 Å². The van der Waals surface area contributed by atoms with Gasteiger partial charge in [0.2, 0.25) is 0 Å². The predicted molar refractivity (Wildman–Crippen MR) is 258 cm³/mol. The summed E-state index contributed by atoms with van der Waals surface area (Å²) in [6, 6.07) is 78.0. The minimum Gasteiger partial charge on any atom is -0.456 e. The smallest absolute Gasteiger partial charge is 0.143 e. The molecule has 10 aromatic carbocycles. The van der Waals surface area contributed by atoms with E-state index in [9.17, 15) is 0 Å². The van der Waals surface area contributed by atoms with Gasteiger partial charge >= 0.3 is 0 Å². The molecule has 13 rings (SSSR count). The molecule has 4 heteroatoms. The number of para-hydroxylation sites is 4. The summed E-state index contributed by atoms with van der Waals surface area (Å²) in [4.78, 5) is 2.38. The second-order valence-electron chi connectivity index (χ2n) is 16.0. The highest BCUT2D eigenvalue weighted by Gasteiger charge is 2.22. The Hall–Kier alpha value is -8.34. The van der Waals surface area contributed by atoms with E-state index < -0.39 is 0 Å². The number of fused-ring (bicyclic) bond motifs is 11. The van der Waals surface area contributed by atoms with Gasteiger partial charge in [0.15, 0.2) is 0 Å². The Kier molecular flexibility index (Phi) is 7.57. The van der Waals surface area contributed by atoms with Crippen LogP contribution in [0.2, 0.25) is 0 Å². The molecule has 0 bridgehead atoms. The van der Waals surface area contributed by atoms with E-state index >= 15 is 0 Å². The minimum atomic E-state index is 0.872. The van der Waals surface area contributed by atoms with Crippen LogP contribution in [0.25, 0.3) is 104 Å². The van der Waals surface area contributed by atoms with E-state index in [1.54, 1.807) is 0 Å². The quantitative estimate of drug-likeness (QED) is 0.168. The average Bonchev–Trinajstić information content (AvgIpc) is 4.02. The highest BCUT2D eigenvalue weighted by Crippen LogP contribution is 2.46. The molecule has 0 atom stereocenters. The highest BCUT2D eigenvalue weighted by molar-refractivity contribution is 6.20. The fourth-order valence-electron chi connectivity index (χ4n) is 9.76. The molecule has 4 nitrogen and oxygen atoms in total. The van der Waals surface area contributed by atoms with Crippen LogP contribution in [0.5, 0.6) is 0 Å². The molecular formula is C58H36N2O2. The maximum atomic E-state index is 6.68. The SMILES string of the molecule is c1ccc(N(c2ccc(-c3ccc4c(c3)oc3ccccc34)cc2)c2ccc(-n3c4ccccc4c4ccccc43)cc2)c(-c2cccc3oc4c5ccccc5ccc4c23)c1. The molecule has 0 fully saturated rings. The molecule has 0 spiro atoms. The largest absolute Gasteiger partial charge is 0.456 e. The van der Waals surface area contributed by atoms with Crippen molar-refractivity contribution in [1.82, 2.24) is 4.57 Å². The van der Waals surface area contributed by atoms with Crippen LogP contribution in [0, 0.1) is 0 Å². The van der Waals surface area contributed by atoms with Crippen LogP contribution in [0.15, 0.2) is 227 Å². The lowest BCUT2D eigenvalue weighted by Crippen LogP contribution is -2.11. The summed E-state index contributed by atoms with van der Waals surface area (Å²) in [7, 11) is 0. The Morgan fingerprint density at radius 2 is 0.935 bits per heavy atom. The van der Waals surface area contributed by atoms with Crippen molar-refractivity contribution < 1.29 is 8.83 Å². The molecule has 0 saturated heterocycles. The van der Waals surface area contributed by atoms with Crippen LogP contribution in [-0.2, 0) is 0 Å². The van der Waals surface area contributed by atoms with Crippen LogP contribution in [0.1, 0.15) is 0 Å². The molecule has 0 N–H and O–H groups in total. The van der Waals surface area contributed by atoms with Crippen LogP contribution < -0.4 is 4.90 Å². The first-order valence-corrected chi connectivity index (χ1v) is 21.1. The van der Waals surface area contributed by atoms with Gasteiger partial charge in [-0.25, -0.2) is 0 Å². The molecule has 0 radical (unpaired) electrons. The summed E-state index contributed by atoms with van der Waals surface area (Å²) in [5, 5.41) is 9.25. The number of nitrogens with zero attached hydrogens (tertiary/aromatic N) is 2. The summed E-state index contributed by atoms with van der Waals surface area (Å²) in [6.07, 6.45) is 0. The van der Waals surface area contributed by atoms with Crippen molar-refractivity contribution in [1.29, 1.82) is 0 Å². The fraction of sp³-hybridized carbons (Fsp3) is 0. The Labute approximate surface area is 356 Å². The van der Waals surface area contributed by atoms with Crippen molar-refractivity contribution in [2.45, 2.75) is 0 Å². The van der Waals surface area contributed by atoms with Crippen LogP contribution >= 0.6 is 0 Å². The van der Waals surface area contributed by atoms with Gasteiger partial charge in [-0.05, 0) is 107 Å². The molecule has 0 amide bonds. The highest BCUT2D eigenvalue weighted by atomic mass is 16.3. The summed E-state index contributed by atoms with van der Waals surface area (Å²) in [6.45, 7) is 0. The van der Waals surface area contributed by atoms with Gasteiger partial charge in [0.05, 0.1) is 16.7 Å². The topological polar surface area (TPSA) is 34.5 Å². The molecule has 13 aromatic rings. The molecule has 62 heavy (non-hydrogen) atoms. The third-order valence-electron chi connectivity index (χ3n) is 12.6. The lowest BCUT2D eigenvalue weighted by Gasteiger charge is -2.28. The maximum Gasteiger partial charge on any atom is 0.143 e. The molecule has 0 saturated carbocycles. The van der Waals surface area contributed by atoms with Gasteiger partial charge in [-0.15, -0.1) is 0 Å². The number of aromatic nitrogens is 1. The first-order chi connectivity index (χ1) is 30.7. The fourth-order valence-corrected chi connectivity index (χ4v) is 9.76. The van der Waals surface area contributed by atoms with E-state index in [0.717, 1.165) is 99.7 Å². The summed E-state index contributed by atoms with van der Waals surface area (Å²) in [5.74, 6) is 0. The molecular weight excluding hydrogens is 757 g/mol. The Balaban J connectivity index is 0.981. The summed E-state index contributed by atoms with van der Waals surface area (Å²) in [5.41, 5.74) is 14.7. The van der Waals surface area contributed by atoms with Gasteiger partial charge in [0, 0.05) is 60.3 Å². The molecule has 0 aliphatic carbocycles. The van der Waals surface area contributed by atoms with Crippen molar-refractivity contribution in [3.8, 4) is 27.9 Å². The number of hydrogen-bond acceptors (Lipinski definition) is 3.